The summed E-state index contributed by atoms with van der Waals surface area (Å²) in [5, 5.41) is 3.92. The Morgan fingerprint density at radius 2 is 2.05 bits per heavy atom. The molecule has 0 aliphatic carbocycles. The van der Waals surface area contributed by atoms with Gasteiger partial charge >= 0.3 is 4.87 Å². The Bertz CT molecular complexity index is 917. The molecule has 0 aliphatic heterocycles. The second kappa shape index (κ2) is 5.46. The Morgan fingerprint density at radius 3 is 2.73 bits per heavy atom. The van der Waals surface area contributed by atoms with Crippen LogP contribution in [0.25, 0.3) is 10.9 Å². The molecule has 0 saturated carbocycles. The van der Waals surface area contributed by atoms with Gasteiger partial charge in [-0.25, -0.2) is 0 Å². The van der Waals surface area contributed by atoms with E-state index in [1.807, 2.05) is 55.9 Å². The predicted molar refractivity (Wildman–Crippen MR) is 89.6 cm³/mol. The van der Waals surface area contributed by atoms with Crippen LogP contribution in [0.3, 0.4) is 0 Å². The number of aryl methyl sites for hydroxylation is 2. The van der Waals surface area contributed by atoms with Crippen molar-refractivity contribution in [2.24, 2.45) is 7.05 Å². The Kier molecular flexibility index (Phi) is 3.62. The molecule has 1 N–H and O–H groups in total. The van der Waals surface area contributed by atoms with Crippen molar-refractivity contribution in [2.45, 2.75) is 20.4 Å². The largest absolute Gasteiger partial charge is 0.351 e. The van der Waals surface area contributed by atoms with E-state index in [9.17, 15) is 9.59 Å². The topological polar surface area (TPSA) is 56.0 Å². The summed E-state index contributed by atoms with van der Waals surface area (Å²) in [6, 6.07) is 7.77. The predicted octanol–water partition coefficient (Wildman–Crippen LogP) is 2.66. The number of nitrogens with zero attached hydrogens (tertiary/aromatic N) is 2. The Morgan fingerprint density at radius 1 is 1.27 bits per heavy atom. The highest BCUT2D eigenvalue weighted by Gasteiger charge is 2.12. The maximum Gasteiger partial charge on any atom is 0.308 e. The van der Waals surface area contributed by atoms with E-state index < -0.39 is 0 Å². The van der Waals surface area contributed by atoms with E-state index in [1.165, 1.54) is 15.9 Å². The van der Waals surface area contributed by atoms with Crippen molar-refractivity contribution in [3.63, 3.8) is 0 Å². The summed E-state index contributed by atoms with van der Waals surface area (Å²) in [5.74, 6) is -0.196. The minimum absolute atomic E-state index is 0.0435. The summed E-state index contributed by atoms with van der Waals surface area (Å²) in [4.78, 5) is 24.8. The highest BCUT2D eigenvalue weighted by atomic mass is 32.1. The fraction of sp³-hybridized carbons (Fsp3) is 0.250. The van der Waals surface area contributed by atoms with Crippen molar-refractivity contribution in [1.82, 2.24) is 9.13 Å². The molecular weight excluding hydrogens is 298 g/mol. The van der Waals surface area contributed by atoms with Gasteiger partial charge in [0, 0.05) is 40.4 Å². The number of hydrogen-bond acceptors (Lipinski definition) is 3. The van der Waals surface area contributed by atoms with Crippen molar-refractivity contribution in [3.05, 3.63) is 50.7 Å². The highest BCUT2D eigenvalue weighted by Crippen LogP contribution is 2.19. The van der Waals surface area contributed by atoms with Crippen LogP contribution in [0.1, 0.15) is 10.6 Å². The molecule has 2 heterocycles. The first kappa shape index (κ1) is 14.6. The van der Waals surface area contributed by atoms with Gasteiger partial charge in [0.2, 0.25) is 5.91 Å². The van der Waals surface area contributed by atoms with E-state index in [2.05, 4.69) is 5.32 Å². The number of benzene rings is 1. The number of aromatic nitrogens is 2. The van der Waals surface area contributed by atoms with Gasteiger partial charge in [0.1, 0.15) is 6.54 Å². The number of amides is 1. The molecule has 1 aromatic carbocycles. The van der Waals surface area contributed by atoms with Gasteiger partial charge in [0.25, 0.3) is 0 Å². The molecule has 0 aliphatic rings. The van der Waals surface area contributed by atoms with Crippen LogP contribution >= 0.6 is 11.3 Å². The average Bonchev–Trinajstić information content (AvgIpc) is 2.94. The molecule has 0 atom stereocenters. The summed E-state index contributed by atoms with van der Waals surface area (Å²) in [5.41, 5.74) is 2.70. The molecule has 0 bridgehead atoms. The van der Waals surface area contributed by atoms with Gasteiger partial charge in [-0.2, -0.15) is 0 Å². The van der Waals surface area contributed by atoms with Gasteiger partial charge in [0.05, 0.1) is 0 Å². The molecule has 5 nitrogen and oxygen atoms in total. The zero-order chi connectivity index (χ0) is 15.9. The molecule has 3 aromatic rings. The van der Waals surface area contributed by atoms with Crippen molar-refractivity contribution >= 4 is 33.8 Å². The quantitative estimate of drug-likeness (QED) is 0.808. The SMILES string of the molecule is Cc1sc(=O)n(CC(=O)Nc2ccc3c(ccn3C)c2)c1C. The van der Waals surface area contributed by atoms with E-state index in [-0.39, 0.29) is 17.3 Å². The number of rotatable bonds is 3. The molecule has 0 spiro atoms. The third-order valence-corrected chi connectivity index (χ3v) is 4.84. The van der Waals surface area contributed by atoms with Gasteiger partial charge in [-0.05, 0) is 38.1 Å². The molecule has 0 fully saturated rings. The lowest BCUT2D eigenvalue weighted by molar-refractivity contribution is -0.116. The second-order valence-electron chi connectivity index (χ2n) is 5.34. The van der Waals surface area contributed by atoms with Gasteiger partial charge in [-0.15, -0.1) is 0 Å². The molecular formula is C16H17N3O2S. The van der Waals surface area contributed by atoms with Crippen LogP contribution < -0.4 is 10.2 Å². The van der Waals surface area contributed by atoms with Crippen molar-refractivity contribution < 1.29 is 4.79 Å². The van der Waals surface area contributed by atoms with Gasteiger partial charge in [0.15, 0.2) is 0 Å². The maximum absolute atomic E-state index is 12.2. The standard InChI is InChI=1S/C16H17N3O2S/c1-10-11(2)22-16(21)19(10)9-15(20)17-13-4-5-14-12(8-13)6-7-18(14)3/h4-8H,9H2,1-3H3,(H,17,20). The fourth-order valence-electron chi connectivity index (χ4n) is 2.47. The zero-order valence-electron chi connectivity index (χ0n) is 12.7. The van der Waals surface area contributed by atoms with Gasteiger partial charge in [-0.1, -0.05) is 11.3 Å². The van der Waals surface area contributed by atoms with Crippen molar-refractivity contribution in [2.75, 3.05) is 5.32 Å². The molecule has 6 heteroatoms. The molecule has 114 valence electrons. The summed E-state index contributed by atoms with van der Waals surface area (Å²) >= 11 is 1.17. The smallest absolute Gasteiger partial charge is 0.308 e. The van der Waals surface area contributed by atoms with E-state index in [0.717, 1.165) is 27.2 Å². The summed E-state index contributed by atoms with van der Waals surface area (Å²) in [6.07, 6.45) is 1.98. The van der Waals surface area contributed by atoms with E-state index >= 15 is 0 Å². The Labute approximate surface area is 131 Å². The monoisotopic (exact) mass is 315 g/mol. The molecule has 2 aromatic heterocycles. The number of fused-ring (bicyclic) bond motifs is 1. The molecule has 0 unspecified atom stereocenters. The first-order valence-corrected chi connectivity index (χ1v) is 7.79. The minimum atomic E-state index is -0.196. The molecule has 3 rings (SSSR count). The van der Waals surface area contributed by atoms with Crippen LogP contribution in [-0.4, -0.2) is 15.0 Å². The lowest BCUT2D eigenvalue weighted by Crippen LogP contribution is -2.25. The van der Waals surface area contributed by atoms with Crippen LogP contribution in [-0.2, 0) is 18.4 Å². The number of hydrogen-bond donors (Lipinski definition) is 1. The summed E-state index contributed by atoms with van der Waals surface area (Å²) in [7, 11) is 1.98. The second-order valence-corrected chi connectivity index (χ2v) is 6.51. The Balaban J connectivity index is 1.79. The average molecular weight is 315 g/mol. The Hall–Kier alpha value is -2.34. The summed E-state index contributed by atoms with van der Waals surface area (Å²) < 4.78 is 3.54. The molecule has 0 radical (unpaired) electrons. The molecule has 22 heavy (non-hydrogen) atoms. The number of carbonyl (C=O) groups excluding carboxylic acids is 1. The first-order chi connectivity index (χ1) is 10.5. The normalized spacial score (nSPS) is 11.0. The fourth-order valence-corrected chi connectivity index (χ4v) is 3.31. The number of anilines is 1. The van der Waals surface area contributed by atoms with Gasteiger partial charge < -0.3 is 9.88 Å². The molecule has 1 amide bonds. The van der Waals surface area contributed by atoms with E-state index in [4.69, 9.17) is 0 Å². The molecule has 0 saturated heterocycles. The van der Waals surface area contributed by atoms with E-state index in [0.29, 0.717) is 0 Å². The third kappa shape index (κ3) is 2.57. The first-order valence-electron chi connectivity index (χ1n) is 6.97. The van der Waals surface area contributed by atoms with Crippen LogP contribution in [0.4, 0.5) is 5.69 Å². The van der Waals surface area contributed by atoms with Gasteiger partial charge in [-0.3, -0.25) is 14.2 Å². The lowest BCUT2D eigenvalue weighted by Gasteiger charge is -2.07. The third-order valence-electron chi connectivity index (χ3n) is 3.85. The van der Waals surface area contributed by atoms with E-state index in [1.54, 1.807) is 0 Å². The maximum atomic E-state index is 12.2. The van der Waals surface area contributed by atoms with Crippen LogP contribution in [0, 0.1) is 13.8 Å². The lowest BCUT2D eigenvalue weighted by atomic mass is 10.2. The minimum Gasteiger partial charge on any atom is -0.351 e. The van der Waals surface area contributed by atoms with Crippen LogP contribution in [0.15, 0.2) is 35.3 Å². The van der Waals surface area contributed by atoms with Crippen LogP contribution in [0.5, 0.6) is 0 Å². The highest BCUT2D eigenvalue weighted by molar-refractivity contribution is 7.09. The summed E-state index contributed by atoms with van der Waals surface area (Å²) in [6.45, 7) is 3.79. The van der Waals surface area contributed by atoms with Crippen LogP contribution in [0.2, 0.25) is 0 Å². The zero-order valence-corrected chi connectivity index (χ0v) is 13.5. The number of nitrogens with one attached hydrogen (secondary N) is 1. The van der Waals surface area contributed by atoms with Crippen molar-refractivity contribution in [1.29, 1.82) is 0 Å². The number of thiazole rings is 1. The number of carbonyl (C=O) groups is 1. The van der Waals surface area contributed by atoms with Crippen molar-refractivity contribution in [3.8, 4) is 0 Å².